The number of aliphatic carboxylic acids is 1. The summed E-state index contributed by atoms with van der Waals surface area (Å²) < 4.78 is 4.20. The van der Waals surface area contributed by atoms with Gasteiger partial charge in [-0.1, -0.05) is 0 Å². The van der Waals surface area contributed by atoms with Gasteiger partial charge in [-0.15, -0.1) is 0 Å². The second kappa shape index (κ2) is 13.9. The van der Waals surface area contributed by atoms with E-state index in [9.17, 15) is 9.59 Å². The van der Waals surface area contributed by atoms with Crippen LogP contribution in [-0.4, -0.2) is 118 Å². The monoisotopic (exact) mass is 219 g/mol. The van der Waals surface area contributed by atoms with E-state index < -0.39 is 24.6 Å². The van der Waals surface area contributed by atoms with Gasteiger partial charge in [0, 0.05) is 0 Å². The van der Waals surface area contributed by atoms with Crippen molar-refractivity contribution in [1.82, 2.24) is 0 Å². The fraction of sp³-hybridized carbons (Fsp3) is 0.600. The molecule has 0 bridgehead atoms. The minimum atomic E-state index is -1.19. The Balaban J connectivity index is -0.000000135. The maximum atomic E-state index is 10.4. The van der Waals surface area contributed by atoms with Gasteiger partial charge in [-0.2, -0.15) is 0 Å². The second-order valence-corrected chi connectivity index (χ2v) is 1.79. The molecule has 5 nitrogen and oxygen atoms in total. The van der Waals surface area contributed by atoms with Crippen molar-refractivity contribution >= 4 is 101 Å². The van der Waals surface area contributed by atoms with E-state index >= 15 is 0 Å². The Bertz CT molecular complexity index is 153. The Morgan fingerprint density at radius 2 is 1.77 bits per heavy atom. The molecule has 0 rings (SSSR count). The molecule has 3 N–H and O–H groups in total. The summed E-state index contributed by atoms with van der Waals surface area (Å²) in [7, 11) is 0. The van der Waals surface area contributed by atoms with Crippen molar-refractivity contribution in [3.63, 3.8) is 0 Å². The average molecular weight is 219 g/mol. The van der Waals surface area contributed by atoms with E-state index in [1.54, 1.807) is 0 Å². The van der Waals surface area contributed by atoms with Crippen molar-refractivity contribution in [3.05, 3.63) is 0 Å². The van der Waals surface area contributed by atoms with Gasteiger partial charge in [0.25, 0.3) is 0 Å². The zero-order valence-corrected chi connectivity index (χ0v) is 5.53. The topological polar surface area (TPSA) is 89.6 Å². The predicted molar refractivity (Wildman–Crippen MR) is 53.7 cm³/mol. The van der Waals surface area contributed by atoms with Crippen LogP contribution in [-0.2, 0) is 14.3 Å². The summed E-state index contributed by atoms with van der Waals surface area (Å²) in [6.07, 6.45) is 0. The molecular formula is C5H12NNa3O4. The SMILES string of the molecule is C[C@H](N)C(=O)OCC(=O)O.[NaH].[NaH].[NaH]. The first-order valence-corrected chi connectivity index (χ1v) is 2.68. The molecule has 64 valence electrons. The molecular weight excluding hydrogens is 207 g/mol. The number of carboxylic acid groups (broad SMARTS) is 1. The molecule has 0 heterocycles. The van der Waals surface area contributed by atoms with Crippen molar-refractivity contribution in [3.8, 4) is 0 Å². The summed E-state index contributed by atoms with van der Waals surface area (Å²) in [6.45, 7) is 0.796. The number of rotatable bonds is 3. The molecule has 0 aliphatic heterocycles. The number of hydrogen-bond donors (Lipinski definition) is 2. The molecule has 1 atom stereocenters. The van der Waals surface area contributed by atoms with Crippen LogP contribution in [0.4, 0.5) is 0 Å². The summed E-state index contributed by atoms with van der Waals surface area (Å²) >= 11 is 0. The van der Waals surface area contributed by atoms with Crippen molar-refractivity contribution in [1.29, 1.82) is 0 Å². The third-order valence-corrected chi connectivity index (χ3v) is 0.710. The standard InChI is InChI=1S/C5H9NO4.3Na.3H/c1-3(6)5(9)10-2-4(7)8;;;;;;/h3H,2,6H2,1H3,(H,7,8);;;;;;/t3-;;;;;;/m0....../s1. The van der Waals surface area contributed by atoms with Crippen molar-refractivity contribution in [2.75, 3.05) is 6.61 Å². The van der Waals surface area contributed by atoms with Crippen LogP contribution in [0.3, 0.4) is 0 Å². The summed E-state index contributed by atoms with van der Waals surface area (Å²) in [4.78, 5) is 20.2. The molecule has 0 aromatic carbocycles. The molecule has 0 aliphatic rings. The first-order chi connectivity index (χ1) is 4.54. The van der Waals surface area contributed by atoms with Crippen LogP contribution in [0, 0.1) is 0 Å². The van der Waals surface area contributed by atoms with Crippen molar-refractivity contribution in [2.24, 2.45) is 5.73 Å². The zero-order valence-electron chi connectivity index (χ0n) is 5.53. The minimum absolute atomic E-state index is 0. The van der Waals surface area contributed by atoms with Crippen molar-refractivity contribution < 1.29 is 19.4 Å². The molecule has 0 unspecified atom stereocenters. The molecule has 0 spiro atoms. The fourth-order valence-electron chi connectivity index (χ4n) is 0.264. The van der Waals surface area contributed by atoms with Crippen molar-refractivity contribution in [2.45, 2.75) is 13.0 Å². The van der Waals surface area contributed by atoms with E-state index in [1.165, 1.54) is 6.92 Å². The first-order valence-electron chi connectivity index (χ1n) is 2.68. The predicted octanol–water partition coefficient (Wildman–Crippen LogP) is -2.98. The summed E-state index contributed by atoms with van der Waals surface area (Å²) in [5.74, 6) is -1.89. The van der Waals surface area contributed by atoms with Crippen LogP contribution < -0.4 is 5.73 Å². The third-order valence-electron chi connectivity index (χ3n) is 0.710. The van der Waals surface area contributed by atoms with Gasteiger partial charge in [-0.05, 0) is 6.92 Å². The van der Waals surface area contributed by atoms with E-state index in [-0.39, 0.29) is 88.7 Å². The van der Waals surface area contributed by atoms with Crippen LogP contribution in [0.2, 0.25) is 0 Å². The zero-order chi connectivity index (χ0) is 8.15. The number of ether oxygens (including phenoxy) is 1. The Kier molecular flexibility index (Phi) is 25.9. The van der Waals surface area contributed by atoms with Gasteiger partial charge in [0.05, 0.1) is 0 Å². The van der Waals surface area contributed by atoms with E-state index in [4.69, 9.17) is 10.8 Å². The van der Waals surface area contributed by atoms with Crippen LogP contribution in [0.15, 0.2) is 0 Å². The van der Waals surface area contributed by atoms with E-state index in [2.05, 4.69) is 4.74 Å². The molecule has 0 aromatic rings. The van der Waals surface area contributed by atoms with Gasteiger partial charge in [-0.25, -0.2) is 4.79 Å². The van der Waals surface area contributed by atoms with E-state index in [1.807, 2.05) is 0 Å². The number of esters is 1. The second-order valence-electron chi connectivity index (χ2n) is 1.79. The summed E-state index contributed by atoms with van der Waals surface area (Å²) in [5, 5.41) is 8.03. The summed E-state index contributed by atoms with van der Waals surface area (Å²) in [5.41, 5.74) is 5.05. The van der Waals surface area contributed by atoms with Gasteiger partial charge in [0.15, 0.2) is 6.61 Å². The van der Waals surface area contributed by atoms with Gasteiger partial charge in [0.1, 0.15) is 6.04 Å². The van der Waals surface area contributed by atoms with Gasteiger partial charge < -0.3 is 15.6 Å². The average Bonchev–Trinajstić information content (AvgIpc) is 1.82. The molecule has 8 heteroatoms. The molecule has 0 amide bonds. The summed E-state index contributed by atoms with van der Waals surface area (Å²) in [6, 6.07) is -0.764. The molecule has 0 aromatic heterocycles. The van der Waals surface area contributed by atoms with Gasteiger partial charge in [-0.3, -0.25) is 4.79 Å². The molecule has 0 saturated heterocycles. The van der Waals surface area contributed by atoms with Crippen LogP contribution >= 0.6 is 0 Å². The Morgan fingerprint density at radius 1 is 1.38 bits per heavy atom. The third kappa shape index (κ3) is 16.6. The molecule has 13 heavy (non-hydrogen) atoms. The van der Waals surface area contributed by atoms with E-state index in [0.717, 1.165) is 0 Å². The van der Waals surface area contributed by atoms with Crippen LogP contribution in [0.1, 0.15) is 6.92 Å². The number of carbonyl (C=O) groups is 2. The van der Waals surface area contributed by atoms with E-state index in [0.29, 0.717) is 0 Å². The normalized spacial score (nSPS) is 9.38. The molecule has 0 fully saturated rings. The number of carbonyl (C=O) groups excluding carboxylic acids is 1. The van der Waals surface area contributed by atoms with Crippen LogP contribution in [0.5, 0.6) is 0 Å². The number of hydrogen-bond acceptors (Lipinski definition) is 4. The maximum absolute atomic E-state index is 10.4. The first kappa shape index (κ1) is 24.2. The fourth-order valence-corrected chi connectivity index (χ4v) is 0.264. The Morgan fingerprint density at radius 3 is 2.00 bits per heavy atom. The quantitative estimate of drug-likeness (QED) is 0.390. The Labute approximate surface area is 143 Å². The molecule has 0 saturated carbocycles. The number of nitrogens with two attached hydrogens (primary N) is 1. The Hall–Kier alpha value is 1.90. The van der Waals surface area contributed by atoms with Gasteiger partial charge >= 0.3 is 101 Å². The number of carboxylic acids is 1. The van der Waals surface area contributed by atoms with Gasteiger partial charge in [0.2, 0.25) is 0 Å². The molecule has 0 aliphatic carbocycles. The molecule has 0 radical (unpaired) electrons. The van der Waals surface area contributed by atoms with Crippen LogP contribution in [0.25, 0.3) is 0 Å².